The molecular formula is C14H19BrN2S. The maximum Gasteiger partial charge on any atom is 0.173 e. The van der Waals surface area contributed by atoms with Crippen LogP contribution < -0.4 is 5.32 Å². The Kier molecular flexibility index (Phi) is 4.62. The summed E-state index contributed by atoms with van der Waals surface area (Å²) < 4.78 is 1.08. The Balaban J connectivity index is 2.04. The summed E-state index contributed by atoms with van der Waals surface area (Å²) in [4.78, 5) is 2.33. The lowest BCUT2D eigenvalue weighted by Crippen LogP contribution is -2.49. The van der Waals surface area contributed by atoms with Crippen molar-refractivity contribution in [3.8, 4) is 0 Å². The minimum atomic E-state index is 0.532. The fourth-order valence-electron chi connectivity index (χ4n) is 2.54. The van der Waals surface area contributed by atoms with E-state index >= 15 is 0 Å². The molecule has 0 amide bonds. The van der Waals surface area contributed by atoms with Crippen molar-refractivity contribution < 1.29 is 0 Å². The molecule has 2 atom stereocenters. The van der Waals surface area contributed by atoms with Crippen molar-refractivity contribution >= 4 is 38.9 Å². The number of halogens is 1. The molecule has 2 rings (SSSR count). The minimum absolute atomic E-state index is 0.532. The van der Waals surface area contributed by atoms with Crippen molar-refractivity contribution in [2.24, 2.45) is 0 Å². The van der Waals surface area contributed by atoms with Crippen molar-refractivity contribution in [1.29, 1.82) is 0 Å². The highest BCUT2D eigenvalue weighted by atomic mass is 79.9. The number of rotatable bonds is 1. The average Bonchev–Trinajstić information content (AvgIpc) is 2.32. The lowest BCUT2D eigenvalue weighted by atomic mass is 9.98. The van der Waals surface area contributed by atoms with Crippen LogP contribution in [-0.4, -0.2) is 22.1 Å². The zero-order valence-electron chi connectivity index (χ0n) is 10.8. The molecule has 1 aliphatic heterocycles. The van der Waals surface area contributed by atoms with Gasteiger partial charge >= 0.3 is 0 Å². The first kappa shape index (κ1) is 13.8. The fourth-order valence-corrected chi connectivity index (χ4v) is 3.28. The Labute approximate surface area is 123 Å². The molecule has 0 spiro atoms. The SMILES string of the molecule is C[C@H]1CCC[C@H](C)N1C(=S)Nc1ccc(Br)cc1. The van der Waals surface area contributed by atoms with Crippen molar-refractivity contribution in [1.82, 2.24) is 4.90 Å². The molecule has 1 fully saturated rings. The van der Waals surface area contributed by atoms with Gasteiger partial charge in [0.05, 0.1) is 0 Å². The third-order valence-corrected chi connectivity index (χ3v) is 4.37. The van der Waals surface area contributed by atoms with Gasteiger partial charge in [0.2, 0.25) is 0 Å². The number of nitrogens with one attached hydrogen (secondary N) is 1. The van der Waals surface area contributed by atoms with Crippen LogP contribution in [0.15, 0.2) is 28.7 Å². The van der Waals surface area contributed by atoms with Gasteiger partial charge in [-0.3, -0.25) is 0 Å². The largest absolute Gasteiger partial charge is 0.344 e. The molecule has 0 aromatic heterocycles. The van der Waals surface area contributed by atoms with Gasteiger partial charge in [-0.15, -0.1) is 0 Å². The lowest BCUT2D eigenvalue weighted by Gasteiger charge is -2.40. The van der Waals surface area contributed by atoms with E-state index in [-0.39, 0.29) is 0 Å². The maximum absolute atomic E-state index is 5.55. The molecule has 1 saturated heterocycles. The third kappa shape index (κ3) is 3.23. The Bertz CT molecular complexity index is 408. The normalized spacial score (nSPS) is 23.8. The second kappa shape index (κ2) is 6.02. The summed E-state index contributed by atoms with van der Waals surface area (Å²) in [6, 6.07) is 9.18. The first-order valence-electron chi connectivity index (χ1n) is 6.43. The summed E-state index contributed by atoms with van der Waals surface area (Å²) >= 11 is 8.98. The Morgan fingerprint density at radius 3 is 2.33 bits per heavy atom. The first-order chi connectivity index (χ1) is 8.58. The summed E-state index contributed by atoms with van der Waals surface area (Å²) in [5.74, 6) is 0. The number of likely N-dealkylation sites (tertiary alicyclic amines) is 1. The molecule has 18 heavy (non-hydrogen) atoms. The molecule has 2 nitrogen and oxygen atoms in total. The van der Waals surface area contributed by atoms with Crippen LogP contribution in [0, 0.1) is 0 Å². The monoisotopic (exact) mass is 326 g/mol. The number of nitrogens with zero attached hydrogens (tertiary/aromatic N) is 1. The molecular weight excluding hydrogens is 308 g/mol. The lowest BCUT2D eigenvalue weighted by molar-refractivity contribution is 0.194. The molecule has 1 aromatic carbocycles. The Morgan fingerprint density at radius 2 is 1.78 bits per heavy atom. The van der Waals surface area contributed by atoms with Gasteiger partial charge in [0.1, 0.15) is 0 Å². The van der Waals surface area contributed by atoms with E-state index in [1.54, 1.807) is 0 Å². The second-order valence-electron chi connectivity index (χ2n) is 4.97. The highest BCUT2D eigenvalue weighted by Crippen LogP contribution is 2.24. The number of hydrogen-bond donors (Lipinski definition) is 1. The van der Waals surface area contributed by atoms with Crippen molar-refractivity contribution in [3.05, 3.63) is 28.7 Å². The summed E-state index contributed by atoms with van der Waals surface area (Å²) in [6.45, 7) is 4.51. The predicted molar refractivity (Wildman–Crippen MR) is 85.0 cm³/mol. The van der Waals surface area contributed by atoms with Crippen LogP contribution in [0.5, 0.6) is 0 Å². The summed E-state index contributed by atoms with van der Waals surface area (Å²) in [6.07, 6.45) is 3.76. The van der Waals surface area contributed by atoms with Crippen molar-refractivity contribution in [2.75, 3.05) is 5.32 Å². The molecule has 98 valence electrons. The Morgan fingerprint density at radius 1 is 1.22 bits per heavy atom. The molecule has 0 radical (unpaired) electrons. The van der Waals surface area contributed by atoms with Crippen molar-refractivity contribution in [2.45, 2.75) is 45.2 Å². The van der Waals surface area contributed by atoms with E-state index in [1.165, 1.54) is 19.3 Å². The van der Waals surface area contributed by atoms with Gasteiger partial charge in [-0.25, -0.2) is 0 Å². The second-order valence-corrected chi connectivity index (χ2v) is 6.28. The van der Waals surface area contributed by atoms with E-state index in [0.717, 1.165) is 15.3 Å². The van der Waals surface area contributed by atoms with E-state index in [9.17, 15) is 0 Å². The topological polar surface area (TPSA) is 15.3 Å². The first-order valence-corrected chi connectivity index (χ1v) is 7.63. The van der Waals surface area contributed by atoms with Crippen LogP contribution >= 0.6 is 28.1 Å². The van der Waals surface area contributed by atoms with E-state index in [1.807, 2.05) is 24.3 Å². The van der Waals surface area contributed by atoms with Crippen molar-refractivity contribution in [3.63, 3.8) is 0 Å². The van der Waals surface area contributed by atoms with Gasteiger partial charge in [0.15, 0.2) is 5.11 Å². The van der Waals surface area contributed by atoms with Crippen LogP contribution in [-0.2, 0) is 0 Å². The zero-order valence-corrected chi connectivity index (χ0v) is 13.2. The van der Waals surface area contributed by atoms with Gasteiger partial charge in [0.25, 0.3) is 0 Å². The molecule has 1 aliphatic rings. The van der Waals surface area contributed by atoms with Crippen LogP contribution in [0.2, 0.25) is 0 Å². The molecule has 0 unspecified atom stereocenters. The number of hydrogen-bond acceptors (Lipinski definition) is 1. The average molecular weight is 327 g/mol. The predicted octanol–water partition coefficient (Wildman–Crippen LogP) is 4.41. The molecule has 0 bridgehead atoms. The number of anilines is 1. The quantitative estimate of drug-likeness (QED) is 0.769. The number of benzene rings is 1. The van der Waals surface area contributed by atoms with Gasteiger partial charge in [-0.1, -0.05) is 15.9 Å². The summed E-state index contributed by atoms with van der Waals surface area (Å²) in [5.41, 5.74) is 1.05. The number of thiocarbonyl (C=S) groups is 1. The standard InChI is InChI=1S/C14H19BrN2S/c1-10-4-3-5-11(2)17(10)14(18)16-13-8-6-12(15)7-9-13/h6-11H,3-5H2,1-2H3,(H,16,18)/t10-,11-/m0/s1. The smallest absolute Gasteiger partial charge is 0.173 e. The molecule has 1 N–H and O–H groups in total. The zero-order chi connectivity index (χ0) is 13.1. The van der Waals surface area contributed by atoms with E-state index < -0.39 is 0 Å². The Hall–Kier alpha value is -0.610. The minimum Gasteiger partial charge on any atom is -0.344 e. The van der Waals surface area contributed by atoms with Crippen LogP contribution in [0.4, 0.5) is 5.69 Å². The molecule has 0 aliphatic carbocycles. The van der Waals surface area contributed by atoms with Gasteiger partial charge in [-0.05, 0) is 69.6 Å². The van der Waals surface area contributed by atoms with E-state index in [0.29, 0.717) is 12.1 Å². The molecule has 1 aromatic rings. The highest BCUT2D eigenvalue weighted by molar-refractivity contribution is 9.10. The fraction of sp³-hybridized carbons (Fsp3) is 0.500. The maximum atomic E-state index is 5.55. The third-order valence-electron chi connectivity index (χ3n) is 3.52. The molecule has 0 saturated carbocycles. The summed E-state index contributed by atoms with van der Waals surface area (Å²) in [7, 11) is 0. The highest BCUT2D eigenvalue weighted by Gasteiger charge is 2.26. The molecule has 1 heterocycles. The number of piperidine rings is 1. The van der Waals surface area contributed by atoms with Gasteiger partial charge in [0, 0.05) is 22.2 Å². The van der Waals surface area contributed by atoms with Gasteiger partial charge < -0.3 is 10.2 Å². The van der Waals surface area contributed by atoms with Crippen LogP contribution in [0.25, 0.3) is 0 Å². The summed E-state index contributed by atoms with van der Waals surface area (Å²) in [5, 5.41) is 4.18. The van der Waals surface area contributed by atoms with E-state index in [4.69, 9.17) is 12.2 Å². The van der Waals surface area contributed by atoms with E-state index in [2.05, 4.69) is 40.0 Å². The van der Waals surface area contributed by atoms with Crippen LogP contribution in [0.3, 0.4) is 0 Å². The van der Waals surface area contributed by atoms with Gasteiger partial charge in [-0.2, -0.15) is 0 Å². The van der Waals surface area contributed by atoms with Crippen LogP contribution in [0.1, 0.15) is 33.1 Å². The molecule has 4 heteroatoms.